The van der Waals surface area contributed by atoms with E-state index < -0.39 is 0 Å². The van der Waals surface area contributed by atoms with Crippen molar-refractivity contribution in [3.05, 3.63) is 59.9 Å². The number of anilines is 3. The number of rotatable bonds is 7. The van der Waals surface area contributed by atoms with Crippen LogP contribution in [0.5, 0.6) is 0 Å². The number of benzene rings is 2. The molecule has 2 heterocycles. The van der Waals surface area contributed by atoms with Crippen molar-refractivity contribution in [1.82, 2.24) is 10.2 Å². The molecule has 2 aromatic carbocycles. The minimum atomic E-state index is -0.333. The number of aromatic nitrogens is 2. The zero-order valence-electron chi connectivity index (χ0n) is 15.3. The Morgan fingerprint density at radius 1 is 1.21 bits per heavy atom. The van der Waals surface area contributed by atoms with E-state index in [4.69, 9.17) is 0 Å². The fourth-order valence-corrected chi connectivity index (χ4v) is 4.63. The Hall–Kier alpha value is -2.78. The number of thioether (sulfide) groups is 1. The Morgan fingerprint density at radius 3 is 2.76 bits per heavy atom. The van der Waals surface area contributed by atoms with Gasteiger partial charge in [-0.25, -0.2) is 4.39 Å². The van der Waals surface area contributed by atoms with Crippen LogP contribution in [0.3, 0.4) is 0 Å². The number of halogens is 1. The number of hydrogen-bond acceptors (Lipinski definition) is 7. The predicted molar refractivity (Wildman–Crippen MR) is 113 cm³/mol. The Labute approximate surface area is 175 Å². The van der Waals surface area contributed by atoms with E-state index in [1.54, 1.807) is 29.2 Å². The smallest absolute Gasteiger partial charge is 0.227 e. The quantitative estimate of drug-likeness (QED) is 0.440. The molecule has 148 valence electrons. The Morgan fingerprint density at radius 2 is 2.03 bits per heavy atom. The molecule has 0 atom stereocenters. The molecule has 1 aliphatic rings. The molecule has 0 saturated carbocycles. The van der Waals surface area contributed by atoms with Crippen molar-refractivity contribution in [2.75, 3.05) is 22.5 Å². The number of ketones is 1. The van der Waals surface area contributed by atoms with Gasteiger partial charge in [-0.2, -0.15) is 0 Å². The lowest BCUT2D eigenvalue weighted by atomic mass is 10.1. The minimum absolute atomic E-state index is 0.0239. The van der Waals surface area contributed by atoms with E-state index >= 15 is 0 Å². The maximum absolute atomic E-state index is 13.2. The maximum atomic E-state index is 13.2. The molecule has 0 radical (unpaired) electrons. The first kappa shape index (κ1) is 19.5. The van der Waals surface area contributed by atoms with Crippen LogP contribution in [0.25, 0.3) is 0 Å². The van der Waals surface area contributed by atoms with Crippen molar-refractivity contribution in [2.24, 2.45) is 0 Å². The highest BCUT2D eigenvalue weighted by atomic mass is 32.2. The third kappa shape index (κ3) is 4.80. The van der Waals surface area contributed by atoms with Gasteiger partial charge in [0.1, 0.15) is 5.82 Å². The molecule has 0 bridgehead atoms. The van der Waals surface area contributed by atoms with Gasteiger partial charge in [0.25, 0.3) is 0 Å². The lowest BCUT2D eigenvalue weighted by Crippen LogP contribution is -2.23. The first-order valence-electron chi connectivity index (χ1n) is 9.01. The van der Waals surface area contributed by atoms with Gasteiger partial charge in [-0.15, -0.1) is 10.2 Å². The third-order valence-electron chi connectivity index (χ3n) is 4.38. The molecule has 1 amide bonds. The number of carbonyl (C=O) groups is 2. The normalized spacial score (nSPS) is 13.7. The Bertz CT molecular complexity index is 1040. The number of nitrogens with zero attached hydrogens (tertiary/aromatic N) is 3. The van der Waals surface area contributed by atoms with Crippen LogP contribution < -0.4 is 10.2 Å². The van der Waals surface area contributed by atoms with Crippen LogP contribution in [0.15, 0.2) is 52.9 Å². The van der Waals surface area contributed by atoms with E-state index in [9.17, 15) is 14.0 Å². The topological polar surface area (TPSA) is 75.2 Å². The second kappa shape index (κ2) is 8.71. The molecular weight excluding hydrogens is 411 g/mol. The van der Waals surface area contributed by atoms with Gasteiger partial charge >= 0.3 is 0 Å². The molecule has 1 aliphatic heterocycles. The van der Waals surface area contributed by atoms with E-state index in [1.807, 2.05) is 12.1 Å². The fourth-order valence-electron chi connectivity index (χ4n) is 2.97. The molecule has 1 aromatic heterocycles. The largest absolute Gasteiger partial charge is 0.330 e. The van der Waals surface area contributed by atoms with E-state index in [0.717, 1.165) is 18.7 Å². The summed E-state index contributed by atoms with van der Waals surface area (Å²) in [6.45, 7) is 0.727. The van der Waals surface area contributed by atoms with Crippen LogP contribution in [0.1, 0.15) is 23.2 Å². The van der Waals surface area contributed by atoms with Crippen LogP contribution >= 0.6 is 23.1 Å². The molecule has 4 rings (SSSR count). The van der Waals surface area contributed by atoms with Gasteiger partial charge in [0.05, 0.1) is 5.75 Å². The molecule has 1 N–H and O–H groups in total. The number of carbonyl (C=O) groups excluding carboxylic acids is 2. The van der Waals surface area contributed by atoms with Gasteiger partial charge in [-0.05, 0) is 48.9 Å². The second-order valence-corrected chi connectivity index (χ2v) is 8.62. The molecule has 9 heteroatoms. The van der Waals surface area contributed by atoms with Crippen molar-refractivity contribution < 1.29 is 14.0 Å². The summed E-state index contributed by atoms with van der Waals surface area (Å²) >= 11 is 2.61. The lowest BCUT2D eigenvalue weighted by Gasteiger charge is -2.15. The molecule has 3 aromatic rings. The predicted octanol–water partition coefficient (Wildman–Crippen LogP) is 4.52. The first-order chi connectivity index (χ1) is 14.1. The highest BCUT2D eigenvalue weighted by Crippen LogP contribution is 2.29. The SMILES string of the molecule is O=C(CSc1nnc(Nc2cccc(F)c2)s1)c1ccc(N2CCCC2=O)cc1. The average Bonchev–Trinajstić information content (AvgIpc) is 3.35. The highest BCUT2D eigenvalue weighted by molar-refractivity contribution is 8.01. The fraction of sp³-hybridized carbons (Fsp3) is 0.200. The molecule has 1 fully saturated rings. The number of hydrogen-bond donors (Lipinski definition) is 1. The minimum Gasteiger partial charge on any atom is -0.330 e. The molecule has 29 heavy (non-hydrogen) atoms. The van der Waals surface area contributed by atoms with Crippen LogP contribution in [0, 0.1) is 5.82 Å². The zero-order chi connectivity index (χ0) is 20.2. The first-order valence-corrected chi connectivity index (χ1v) is 10.8. The number of amides is 1. The molecule has 1 saturated heterocycles. The lowest BCUT2D eigenvalue weighted by molar-refractivity contribution is -0.117. The number of Topliss-reactive ketones (excluding diaryl/α,β-unsaturated/α-hetero) is 1. The van der Waals surface area contributed by atoms with E-state index in [-0.39, 0.29) is 23.3 Å². The van der Waals surface area contributed by atoms with E-state index in [0.29, 0.717) is 27.1 Å². The van der Waals surface area contributed by atoms with Gasteiger partial charge < -0.3 is 10.2 Å². The summed E-state index contributed by atoms with van der Waals surface area (Å²) in [5.74, 6) is -0.00105. The van der Waals surface area contributed by atoms with E-state index in [1.165, 1.54) is 35.2 Å². The third-order valence-corrected chi connectivity index (χ3v) is 6.36. The summed E-state index contributed by atoms with van der Waals surface area (Å²) in [6.07, 6.45) is 1.45. The number of nitrogens with one attached hydrogen (secondary N) is 1. The molecule has 0 aliphatic carbocycles. The highest BCUT2D eigenvalue weighted by Gasteiger charge is 2.21. The summed E-state index contributed by atoms with van der Waals surface area (Å²) in [7, 11) is 0. The summed E-state index contributed by atoms with van der Waals surface area (Å²) < 4.78 is 13.9. The van der Waals surface area contributed by atoms with Crippen LogP contribution in [0.4, 0.5) is 20.9 Å². The monoisotopic (exact) mass is 428 g/mol. The van der Waals surface area contributed by atoms with E-state index in [2.05, 4.69) is 15.5 Å². The van der Waals surface area contributed by atoms with Gasteiger partial charge in [-0.3, -0.25) is 9.59 Å². The van der Waals surface area contributed by atoms with Crippen molar-refractivity contribution in [3.63, 3.8) is 0 Å². The summed E-state index contributed by atoms with van der Waals surface area (Å²) in [5.41, 5.74) is 2.01. The van der Waals surface area contributed by atoms with Gasteiger partial charge in [0, 0.05) is 29.9 Å². The van der Waals surface area contributed by atoms with Crippen LogP contribution in [0.2, 0.25) is 0 Å². The maximum Gasteiger partial charge on any atom is 0.227 e. The molecule has 0 unspecified atom stereocenters. The molecular formula is C20H17FN4O2S2. The zero-order valence-corrected chi connectivity index (χ0v) is 16.9. The van der Waals surface area contributed by atoms with Crippen molar-refractivity contribution in [3.8, 4) is 0 Å². The van der Waals surface area contributed by atoms with Gasteiger partial charge in [0.15, 0.2) is 10.1 Å². The van der Waals surface area contributed by atoms with Crippen molar-refractivity contribution >= 4 is 51.3 Å². The Balaban J connectivity index is 1.32. The average molecular weight is 429 g/mol. The van der Waals surface area contributed by atoms with Crippen molar-refractivity contribution in [2.45, 2.75) is 17.2 Å². The second-order valence-electron chi connectivity index (χ2n) is 6.42. The van der Waals surface area contributed by atoms with Crippen LogP contribution in [-0.2, 0) is 4.79 Å². The molecule has 6 nitrogen and oxygen atoms in total. The summed E-state index contributed by atoms with van der Waals surface area (Å²) in [6, 6.07) is 13.2. The van der Waals surface area contributed by atoms with Gasteiger partial charge in [0.2, 0.25) is 11.0 Å². The molecule has 0 spiro atoms. The Kier molecular flexibility index (Phi) is 5.86. The summed E-state index contributed by atoms with van der Waals surface area (Å²) in [5, 5.41) is 11.6. The van der Waals surface area contributed by atoms with Crippen molar-refractivity contribution in [1.29, 1.82) is 0 Å². The summed E-state index contributed by atoms with van der Waals surface area (Å²) in [4.78, 5) is 26.0. The standard InChI is InChI=1S/C20H17FN4O2S2/c21-14-3-1-4-15(11-14)22-19-23-24-20(29-19)28-12-17(26)13-6-8-16(9-7-13)25-10-2-5-18(25)27/h1,3-4,6-9,11H,2,5,10,12H2,(H,22,23). The van der Waals surface area contributed by atoms with Crippen LogP contribution in [-0.4, -0.2) is 34.2 Å². The van der Waals surface area contributed by atoms with Gasteiger partial charge in [-0.1, -0.05) is 29.2 Å².